The predicted molar refractivity (Wildman–Crippen MR) is 119 cm³/mol. The van der Waals surface area contributed by atoms with Gasteiger partial charge in [0.05, 0.1) is 12.8 Å². The smallest absolute Gasteiger partial charge is 0.328 e. The number of anilines is 2. The molecule has 3 aromatic rings. The van der Waals surface area contributed by atoms with Crippen molar-refractivity contribution >= 4 is 29.3 Å². The van der Waals surface area contributed by atoms with E-state index in [0.717, 1.165) is 6.07 Å². The molecule has 11 heteroatoms. The fourth-order valence-corrected chi connectivity index (χ4v) is 2.99. The van der Waals surface area contributed by atoms with Crippen LogP contribution in [0.5, 0.6) is 0 Å². The van der Waals surface area contributed by atoms with Crippen LogP contribution in [0.2, 0.25) is 0 Å². The van der Waals surface area contributed by atoms with Crippen molar-refractivity contribution in [3.8, 4) is 11.3 Å². The summed E-state index contributed by atoms with van der Waals surface area (Å²) >= 11 is 0. The summed E-state index contributed by atoms with van der Waals surface area (Å²) in [6, 6.07) is 8.94. The molecule has 0 radical (unpaired) electrons. The molecular weight excluding hydrogens is 450 g/mol. The zero-order valence-corrected chi connectivity index (χ0v) is 18.5. The Bertz CT molecular complexity index is 1210. The van der Waals surface area contributed by atoms with Crippen LogP contribution in [0, 0.1) is 17.6 Å². The maximum Gasteiger partial charge on any atom is 0.328 e. The zero-order chi connectivity index (χ0) is 24.8. The van der Waals surface area contributed by atoms with E-state index in [0.29, 0.717) is 0 Å². The molecule has 2 aromatic carbocycles. The highest BCUT2D eigenvalue weighted by atomic mass is 19.1. The number of para-hydroxylation sites is 1. The molecular formula is C23H22F2N4O5. The van der Waals surface area contributed by atoms with Gasteiger partial charge in [-0.05, 0) is 36.2 Å². The van der Waals surface area contributed by atoms with Gasteiger partial charge in [0, 0.05) is 17.3 Å². The molecule has 1 aromatic heterocycles. The first-order chi connectivity index (χ1) is 16.2. The molecule has 34 heavy (non-hydrogen) atoms. The number of ether oxygens (including phenoxy) is 1. The van der Waals surface area contributed by atoms with E-state index in [1.54, 1.807) is 19.9 Å². The van der Waals surface area contributed by atoms with Gasteiger partial charge in [-0.15, -0.1) is 0 Å². The molecule has 1 heterocycles. The Labute approximate surface area is 193 Å². The molecule has 0 saturated carbocycles. The second-order valence-electron chi connectivity index (χ2n) is 7.55. The number of halogens is 2. The van der Waals surface area contributed by atoms with Crippen molar-refractivity contribution in [3.05, 3.63) is 65.9 Å². The second kappa shape index (κ2) is 10.6. The zero-order valence-electron chi connectivity index (χ0n) is 18.5. The van der Waals surface area contributed by atoms with Gasteiger partial charge in [0.1, 0.15) is 23.4 Å². The van der Waals surface area contributed by atoms with E-state index in [-0.39, 0.29) is 34.3 Å². The first-order valence-electron chi connectivity index (χ1n) is 10.2. The minimum Gasteiger partial charge on any atom is -0.467 e. The van der Waals surface area contributed by atoms with Crippen LogP contribution < -0.4 is 16.0 Å². The van der Waals surface area contributed by atoms with Crippen LogP contribution in [-0.4, -0.2) is 36.2 Å². The molecule has 3 rings (SSSR count). The summed E-state index contributed by atoms with van der Waals surface area (Å²) in [6.07, 6.45) is 0. The van der Waals surface area contributed by atoms with E-state index < -0.39 is 35.6 Å². The maximum atomic E-state index is 14.7. The van der Waals surface area contributed by atoms with Crippen LogP contribution in [0.3, 0.4) is 0 Å². The van der Waals surface area contributed by atoms with E-state index in [2.05, 4.69) is 25.8 Å². The SMILES string of the molecule is COC(=O)[C@@H](NC(=O)c1cc(-c2ccc(NC(=O)Nc3ccccc3F)cc2F)no1)C(C)C. The van der Waals surface area contributed by atoms with Gasteiger partial charge >= 0.3 is 12.0 Å². The fraction of sp³-hybridized carbons (Fsp3) is 0.217. The molecule has 9 nitrogen and oxygen atoms in total. The number of carbonyl (C=O) groups excluding carboxylic acids is 3. The maximum absolute atomic E-state index is 14.7. The van der Waals surface area contributed by atoms with Crippen molar-refractivity contribution in [1.82, 2.24) is 10.5 Å². The number of nitrogens with one attached hydrogen (secondary N) is 3. The van der Waals surface area contributed by atoms with E-state index in [9.17, 15) is 23.2 Å². The highest BCUT2D eigenvalue weighted by molar-refractivity contribution is 6.00. The topological polar surface area (TPSA) is 123 Å². The molecule has 3 N–H and O–H groups in total. The summed E-state index contributed by atoms with van der Waals surface area (Å²) in [7, 11) is 1.21. The lowest BCUT2D eigenvalue weighted by Crippen LogP contribution is -2.44. The van der Waals surface area contributed by atoms with Crippen LogP contribution >= 0.6 is 0 Å². The van der Waals surface area contributed by atoms with Crippen molar-refractivity contribution in [2.45, 2.75) is 19.9 Å². The number of benzene rings is 2. The lowest BCUT2D eigenvalue weighted by molar-refractivity contribution is -0.144. The first-order valence-corrected chi connectivity index (χ1v) is 10.2. The van der Waals surface area contributed by atoms with Crippen LogP contribution in [0.1, 0.15) is 24.4 Å². The molecule has 0 aliphatic heterocycles. The van der Waals surface area contributed by atoms with Gasteiger partial charge in [-0.25, -0.2) is 18.4 Å². The van der Waals surface area contributed by atoms with Gasteiger partial charge in [-0.3, -0.25) is 4.79 Å². The quantitative estimate of drug-likeness (QED) is 0.443. The summed E-state index contributed by atoms with van der Waals surface area (Å²) in [5.74, 6) is -3.17. The third kappa shape index (κ3) is 5.74. The van der Waals surface area contributed by atoms with Crippen molar-refractivity contribution in [2.75, 3.05) is 17.7 Å². The molecule has 0 bridgehead atoms. The number of methoxy groups -OCH3 is 1. The number of hydrogen-bond donors (Lipinski definition) is 3. The number of aromatic nitrogens is 1. The van der Waals surface area contributed by atoms with Gasteiger partial charge < -0.3 is 25.2 Å². The van der Waals surface area contributed by atoms with Crippen molar-refractivity contribution in [2.24, 2.45) is 5.92 Å². The normalized spacial score (nSPS) is 11.6. The van der Waals surface area contributed by atoms with Crippen LogP contribution in [0.25, 0.3) is 11.3 Å². The molecule has 178 valence electrons. The third-order valence-electron chi connectivity index (χ3n) is 4.77. The number of hydrogen-bond acceptors (Lipinski definition) is 6. The minimum absolute atomic E-state index is 0.0104. The summed E-state index contributed by atoms with van der Waals surface area (Å²) in [5, 5.41) is 10.9. The lowest BCUT2D eigenvalue weighted by Gasteiger charge is -2.18. The van der Waals surface area contributed by atoms with Crippen LogP contribution in [0.15, 0.2) is 53.1 Å². The average Bonchev–Trinajstić information content (AvgIpc) is 3.28. The molecule has 0 aliphatic carbocycles. The van der Waals surface area contributed by atoms with Gasteiger partial charge in [0.15, 0.2) is 0 Å². The van der Waals surface area contributed by atoms with Crippen molar-refractivity contribution < 1.29 is 32.4 Å². The Morgan fingerprint density at radius 1 is 1.00 bits per heavy atom. The van der Waals surface area contributed by atoms with Gasteiger partial charge in [0.2, 0.25) is 5.76 Å². The largest absolute Gasteiger partial charge is 0.467 e. The monoisotopic (exact) mass is 472 g/mol. The number of carbonyl (C=O) groups is 3. The number of amides is 3. The molecule has 0 saturated heterocycles. The molecule has 0 unspecified atom stereocenters. The van der Waals surface area contributed by atoms with Crippen LogP contribution in [-0.2, 0) is 9.53 Å². The van der Waals surface area contributed by atoms with Gasteiger partial charge in [-0.2, -0.15) is 0 Å². The van der Waals surface area contributed by atoms with E-state index in [4.69, 9.17) is 4.52 Å². The van der Waals surface area contributed by atoms with E-state index >= 15 is 0 Å². The Balaban J connectivity index is 1.69. The van der Waals surface area contributed by atoms with Crippen LogP contribution in [0.4, 0.5) is 25.0 Å². The third-order valence-corrected chi connectivity index (χ3v) is 4.77. The van der Waals surface area contributed by atoms with E-state index in [1.807, 2.05) is 0 Å². The molecule has 0 spiro atoms. The van der Waals surface area contributed by atoms with Crippen molar-refractivity contribution in [3.63, 3.8) is 0 Å². The van der Waals surface area contributed by atoms with Gasteiger partial charge in [0.25, 0.3) is 5.91 Å². The number of rotatable bonds is 7. The number of nitrogens with zero attached hydrogens (tertiary/aromatic N) is 1. The Morgan fingerprint density at radius 2 is 1.74 bits per heavy atom. The Hall–Kier alpha value is -4.28. The van der Waals surface area contributed by atoms with Crippen molar-refractivity contribution in [1.29, 1.82) is 0 Å². The molecule has 0 fully saturated rings. The average molecular weight is 472 g/mol. The van der Waals surface area contributed by atoms with E-state index in [1.165, 1.54) is 43.5 Å². The molecule has 0 aliphatic rings. The summed E-state index contributed by atoms with van der Waals surface area (Å²) in [6.45, 7) is 3.46. The number of urea groups is 1. The summed E-state index contributed by atoms with van der Waals surface area (Å²) in [5.41, 5.74) is 0.118. The molecule has 1 atom stereocenters. The molecule has 3 amide bonds. The minimum atomic E-state index is -0.899. The lowest BCUT2D eigenvalue weighted by atomic mass is 10.0. The second-order valence-corrected chi connectivity index (χ2v) is 7.55. The summed E-state index contributed by atoms with van der Waals surface area (Å²) < 4.78 is 38.0. The Kier molecular flexibility index (Phi) is 7.57. The predicted octanol–water partition coefficient (Wildman–Crippen LogP) is 4.19. The highest BCUT2D eigenvalue weighted by Crippen LogP contribution is 2.25. The first kappa shape index (κ1) is 24.4. The highest BCUT2D eigenvalue weighted by Gasteiger charge is 2.27. The summed E-state index contributed by atoms with van der Waals surface area (Å²) in [4.78, 5) is 36.3. The van der Waals surface area contributed by atoms with Gasteiger partial charge in [-0.1, -0.05) is 31.1 Å². The standard InChI is InChI=1S/C23H22F2N4O5/c1-12(2)20(22(31)33-3)28-21(30)19-11-18(29-34-19)14-9-8-13(10-16(14)25)26-23(32)27-17-7-5-4-6-15(17)24/h4-12,20H,1-3H3,(H,28,30)(H2,26,27,32)/t20-/m0/s1. The Morgan fingerprint density at radius 3 is 2.38 bits per heavy atom. The number of esters is 1. The fourth-order valence-electron chi connectivity index (χ4n) is 2.99.